The number of nitro groups is 1. The zero-order valence-electron chi connectivity index (χ0n) is 11.9. The Morgan fingerprint density at radius 1 is 1.35 bits per heavy atom. The third kappa shape index (κ3) is 3.08. The largest absolute Gasteiger partial charge is 0.371 e. The quantitative estimate of drug-likeness (QED) is 0.611. The van der Waals surface area contributed by atoms with Crippen molar-refractivity contribution in [2.45, 2.75) is 33.1 Å². The molecular weight excluding hydrogens is 254 g/mol. The van der Waals surface area contributed by atoms with Gasteiger partial charge in [0.25, 0.3) is 5.69 Å². The van der Waals surface area contributed by atoms with Gasteiger partial charge in [0.05, 0.1) is 4.92 Å². The van der Waals surface area contributed by atoms with Gasteiger partial charge in [0.2, 0.25) is 0 Å². The Balaban J connectivity index is 2.27. The summed E-state index contributed by atoms with van der Waals surface area (Å²) in [7, 11) is 0. The summed E-state index contributed by atoms with van der Waals surface area (Å²) in [6.07, 6.45) is 3.32. The molecule has 1 aromatic carbocycles. The summed E-state index contributed by atoms with van der Waals surface area (Å²) in [6.45, 7) is 6.33. The van der Waals surface area contributed by atoms with Crippen LogP contribution in [0.1, 0.15) is 38.7 Å². The fourth-order valence-corrected chi connectivity index (χ4v) is 2.64. The summed E-state index contributed by atoms with van der Waals surface area (Å²) in [5.74, 6) is 0. The first-order valence-corrected chi connectivity index (χ1v) is 6.86. The molecular formula is C15H19N3O2. The van der Waals surface area contributed by atoms with Crippen molar-refractivity contribution >= 4 is 11.4 Å². The van der Waals surface area contributed by atoms with Crippen molar-refractivity contribution in [2.24, 2.45) is 5.41 Å². The number of nitro benzene ring substituents is 1. The number of benzene rings is 1. The highest BCUT2D eigenvalue weighted by molar-refractivity contribution is 5.60. The highest BCUT2D eigenvalue weighted by Crippen LogP contribution is 2.33. The van der Waals surface area contributed by atoms with Crippen LogP contribution in [0.25, 0.3) is 0 Å². The maximum absolute atomic E-state index is 11.0. The lowest BCUT2D eigenvalue weighted by Crippen LogP contribution is -2.25. The van der Waals surface area contributed by atoms with Gasteiger partial charge in [0.15, 0.2) is 0 Å². The maximum Gasteiger partial charge on any atom is 0.289 e. The summed E-state index contributed by atoms with van der Waals surface area (Å²) in [5, 5.41) is 19.9. The highest BCUT2D eigenvalue weighted by atomic mass is 16.6. The van der Waals surface area contributed by atoms with Gasteiger partial charge in [-0.15, -0.1) is 0 Å². The standard InChI is InChI=1S/C15H19N3O2/c1-15(2)6-3-8-17(9-7-15)13-5-4-12(11-16)14(10-13)18(19)20/h4-5,10H,3,6-9H2,1-2H3. The molecule has 0 spiro atoms. The number of nitrogens with zero attached hydrogens (tertiary/aromatic N) is 3. The third-order valence-corrected chi connectivity index (χ3v) is 4.00. The average Bonchev–Trinajstić information content (AvgIpc) is 2.59. The molecule has 1 heterocycles. The second kappa shape index (κ2) is 5.49. The Kier molecular flexibility index (Phi) is 3.93. The van der Waals surface area contributed by atoms with Gasteiger partial charge < -0.3 is 4.90 Å². The molecule has 0 aromatic heterocycles. The SMILES string of the molecule is CC1(C)CCCN(c2ccc(C#N)c([N+](=O)[O-])c2)CC1. The summed E-state index contributed by atoms with van der Waals surface area (Å²) in [6, 6.07) is 6.75. The van der Waals surface area contributed by atoms with Gasteiger partial charge in [0, 0.05) is 24.8 Å². The first-order valence-electron chi connectivity index (χ1n) is 6.86. The molecule has 1 aliphatic rings. The van der Waals surface area contributed by atoms with E-state index in [2.05, 4.69) is 18.7 Å². The lowest BCUT2D eigenvalue weighted by molar-refractivity contribution is -0.385. The van der Waals surface area contributed by atoms with Crippen LogP contribution < -0.4 is 4.90 Å². The van der Waals surface area contributed by atoms with Crippen molar-refractivity contribution in [3.63, 3.8) is 0 Å². The molecule has 0 N–H and O–H groups in total. The Hall–Kier alpha value is -2.09. The first kappa shape index (κ1) is 14.3. The first-order chi connectivity index (χ1) is 9.43. The Morgan fingerprint density at radius 2 is 2.10 bits per heavy atom. The summed E-state index contributed by atoms with van der Waals surface area (Å²) in [5.41, 5.74) is 1.18. The maximum atomic E-state index is 11.0. The Morgan fingerprint density at radius 3 is 2.75 bits per heavy atom. The molecule has 1 aromatic rings. The lowest BCUT2D eigenvalue weighted by atomic mass is 9.85. The van der Waals surface area contributed by atoms with Crippen LogP contribution in [-0.4, -0.2) is 18.0 Å². The van der Waals surface area contributed by atoms with E-state index in [4.69, 9.17) is 5.26 Å². The number of rotatable bonds is 2. The molecule has 0 unspecified atom stereocenters. The van der Waals surface area contributed by atoms with E-state index in [1.807, 2.05) is 12.1 Å². The predicted molar refractivity (Wildman–Crippen MR) is 77.7 cm³/mol. The van der Waals surface area contributed by atoms with Gasteiger partial charge in [0.1, 0.15) is 11.6 Å². The van der Waals surface area contributed by atoms with Crippen molar-refractivity contribution in [3.8, 4) is 6.07 Å². The van der Waals surface area contributed by atoms with Gasteiger partial charge in [-0.3, -0.25) is 10.1 Å². The van der Waals surface area contributed by atoms with Crippen molar-refractivity contribution in [1.29, 1.82) is 5.26 Å². The summed E-state index contributed by atoms with van der Waals surface area (Å²) in [4.78, 5) is 12.7. The number of hydrogen-bond acceptors (Lipinski definition) is 4. The molecule has 5 heteroatoms. The monoisotopic (exact) mass is 273 g/mol. The highest BCUT2D eigenvalue weighted by Gasteiger charge is 2.24. The molecule has 0 radical (unpaired) electrons. The van der Waals surface area contributed by atoms with E-state index in [-0.39, 0.29) is 11.3 Å². The summed E-state index contributed by atoms with van der Waals surface area (Å²) < 4.78 is 0. The molecule has 1 aliphatic heterocycles. The normalized spacial score (nSPS) is 18.1. The van der Waals surface area contributed by atoms with E-state index >= 15 is 0 Å². The zero-order valence-corrected chi connectivity index (χ0v) is 11.9. The second-order valence-electron chi connectivity index (χ2n) is 6.08. The van der Waals surface area contributed by atoms with E-state index in [1.54, 1.807) is 6.07 Å². The van der Waals surface area contributed by atoms with Crippen molar-refractivity contribution in [1.82, 2.24) is 0 Å². The van der Waals surface area contributed by atoms with Crippen LogP contribution in [0.15, 0.2) is 18.2 Å². The van der Waals surface area contributed by atoms with Crippen LogP contribution in [0.5, 0.6) is 0 Å². The molecule has 0 atom stereocenters. The fourth-order valence-electron chi connectivity index (χ4n) is 2.64. The minimum atomic E-state index is -0.482. The number of hydrogen-bond donors (Lipinski definition) is 0. The van der Waals surface area contributed by atoms with Crippen LogP contribution in [0.4, 0.5) is 11.4 Å². The van der Waals surface area contributed by atoms with E-state index in [1.165, 1.54) is 12.5 Å². The van der Waals surface area contributed by atoms with Crippen LogP contribution in [0.2, 0.25) is 0 Å². The number of nitriles is 1. The summed E-state index contributed by atoms with van der Waals surface area (Å²) >= 11 is 0. The molecule has 0 aliphatic carbocycles. The van der Waals surface area contributed by atoms with E-state index in [9.17, 15) is 10.1 Å². The molecule has 0 saturated carbocycles. The van der Waals surface area contributed by atoms with Crippen molar-refractivity contribution < 1.29 is 4.92 Å². The van der Waals surface area contributed by atoms with Gasteiger partial charge in [-0.1, -0.05) is 13.8 Å². The average molecular weight is 273 g/mol. The number of anilines is 1. The molecule has 0 bridgehead atoms. The van der Waals surface area contributed by atoms with E-state index in [0.29, 0.717) is 5.41 Å². The molecule has 0 amide bonds. The van der Waals surface area contributed by atoms with Crippen molar-refractivity contribution in [3.05, 3.63) is 33.9 Å². The smallest absolute Gasteiger partial charge is 0.289 e. The van der Waals surface area contributed by atoms with Gasteiger partial charge in [-0.2, -0.15) is 5.26 Å². The topological polar surface area (TPSA) is 70.2 Å². The van der Waals surface area contributed by atoms with E-state index in [0.717, 1.165) is 31.6 Å². The van der Waals surface area contributed by atoms with Gasteiger partial charge >= 0.3 is 0 Å². The fraction of sp³-hybridized carbons (Fsp3) is 0.533. The van der Waals surface area contributed by atoms with Crippen LogP contribution in [0, 0.1) is 26.9 Å². The zero-order chi connectivity index (χ0) is 14.8. The van der Waals surface area contributed by atoms with Gasteiger partial charge in [-0.25, -0.2) is 0 Å². The Bertz CT molecular complexity index is 561. The second-order valence-corrected chi connectivity index (χ2v) is 6.08. The van der Waals surface area contributed by atoms with Crippen LogP contribution >= 0.6 is 0 Å². The molecule has 1 fully saturated rings. The third-order valence-electron chi connectivity index (χ3n) is 4.00. The van der Waals surface area contributed by atoms with Crippen molar-refractivity contribution in [2.75, 3.05) is 18.0 Å². The minimum absolute atomic E-state index is 0.103. The van der Waals surface area contributed by atoms with E-state index < -0.39 is 4.92 Å². The molecule has 1 saturated heterocycles. The molecule has 5 nitrogen and oxygen atoms in total. The Labute approximate surface area is 119 Å². The molecule has 2 rings (SSSR count). The lowest BCUT2D eigenvalue weighted by Gasteiger charge is -2.24. The minimum Gasteiger partial charge on any atom is -0.371 e. The van der Waals surface area contributed by atoms with Crippen LogP contribution in [-0.2, 0) is 0 Å². The van der Waals surface area contributed by atoms with Crippen LogP contribution in [0.3, 0.4) is 0 Å². The molecule has 20 heavy (non-hydrogen) atoms. The van der Waals surface area contributed by atoms with Gasteiger partial charge in [-0.05, 0) is 36.8 Å². The predicted octanol–water partition coefficient (Wildman–Crippen LogP) is 3.48. The molecule has 106 valence electrons.